The maximum absolute atomic E-state index is 12.5. The van der Waals surface area contributed by atoms with Gasteiger partial charge < -0.3 is 24.8 Å². The molecule has 26 heavy (non-hydrogen) atoms. The maximum Gasteiger partial charge on any atom is 0.410 e. The Labute approximate surface area is 155 Å². The lowest BCUT2D eigenvalue weighted by Crippen LogP contribution is -2.52. The van der Waals surface area contributed by atoms with Crippen molar-refractivity contribution in [2.24, 2.45) is 0 Å². The molecule has 0 aromatic heterocycles. The van der Waals surface area contributed by atoms with Gasteiger partial charge in [-0.2, -0.15) is 0 Å². The summed E-state index contributed by atoms with van der Waals surface area (Å²) in [5.41, 5.74) is 2.39. The summed E-state index contributed by atoms with van der Waals surface area (Å²) >= 11 is 0. The third-order valence-electron chi connectivity index (χ3n) is 4.19. The Kier molecular flexibility index (Phi) is 6.00. The minimum atomic E-state index is -0.512. The molecule has 1 aliphatic rings. The monoisotopic (exact) mass is 362 g/mol. The summed E-state index contributed by atoms with van der Waals surface area (Å²) in [6, 6.07) is 5.79. The molecule has 0 bridgehead atoms. The SMILES string of the molecule is Cc1cc(N(C)C)ccc1NC(=O)N1CCN(C(=O)OC(C)(C)C)CC1. The van der Waals surface area contributed by atoms with E-state index in [2.05, 4.69) is 5.32 Å². The number of aryl methyl sites for hydroxylation is 1. The zero-order chi connectivity index (χ0) is 19.5. The molecule has 144 valence electrons. The molecule has 0 aliphatic carbocycles. The van der Waals surface area contributed by atoms with E-state index in [4.69, 9.17) is 4.74 Å². The second-order valence-corrected chi connectivity index (χ2v) is 7.78. The molecule has 2 rings (SSSR count). The van der Waals surface area contributed by atoms with E-state index >= 15 is 0 Å². The molecule has 0 spiro atoms. The van der Waals surface area contributed by atoms with Gasteiger partial charge in [-0.3, -0.25) is 0 Å². The lowest BCUT2D eigenvalue weighted by molar-refractivity contribution is 0.0174. The fourth-order valence-corrected chi connectivity index (χ4v) is 2.68. The number of nitrogens with one attached hydrogen (secondary N) is 1. The molecule has 0 atom stereocenters. The van der Waals surface area contributed by atoms with E-state index in [1.165, 1.54) is 0 Å². The number of nitrogens with zero attached hydrogens (tertiary/aromatic N) is 3. The largest absolute Gasteiger partial charge is 0.444 e. The number of amides is 3. The highest BCUT2D eigenvalue weighted by Gasteiger charge is 2.27. The van der Waals surface area contributed by atoms with Gasteiger partial charge in [0.25, 0.3) is 0 Å². The summed E-state index contributed by atoms with van der Waals surface area (Å²) in [4.78, 5) is 30.0. The zero-order valence-electron chi connectivity index (χ0n) is 16.6. The van der Waals surface area contributed by atoms with E-state index < -0.39 is 5.60 Å². The van der Waals surface area contributed by atoms with Crippen molar-refractivity contribution in [2.45, 2.75) is 33.3 Å². The van der Waals surface area contributed by atoms with Crippen LogP contribution in [0.4, 0.5) is 21.0 Å². The first-order valence-electron chi connectivity index (χ1n) is 8.88. The van der Waals surface area contributed by atoms with Crippen LogP contribution in [0.25, 0.3) is 0 Å². The number of hydrogen-bond donors (Lipinski definition) is 1. The van der Waals surface area contributed by atoms with Gasteiger partial charge in [0.1, 0.15) is 5.60 Å². The molecule has 1 aromatic carbocycles. The average molecular weight is 362 g/mol. The number of rotatable bonds is 2. The predicted octanol–water partition coefficient (Wildman–Crippen LogP) is 3.15. The van der Waals surface area contributed by atoms with Crippen molar-refractivity contribution in [3.05, 3.63) is 23.8 Å². The van der Waals surface area contributed by atoms with E-state index in [-0.39, 0.29) is 12.1 Å². The van der Waals surface area contributed by atoms with Crippen LogP contribution in [-0.4, -0.2) is 67.8 Å². The number of benzene rings is 1. The highest BCUT2D eigenvalue weighted by molar-refractivity contribution is 5.90. The van der Waals surface area contributed by atoms with E-state index in [1.807, 2.05) is 64.9 Å². The van der Waals surface area contributed by atoms with Gasteiger partial charge in [-0.05, 0) is 51.5 Å². The molecule has 1 N–H and O–H groups in total. The van der Waals surface area contributed by atoms with E-state index in [9.17, 15) is 9.59 Å². The second-order valence-electron chi connectivity index (χ2n) is 7.78. The van der Waals surface area contributed by atoms with Crippen molar-refractivity contribution >= 4 is 23.5 Å². The molecular weight excluding hydrogens is 332 g/mol. The van der Waals surface area contributed by atoms with Gasteiger partial charge in [-0.25, -0.2) is 9.59 Å². The molecule has 1 fully saturated rings. The summed E-state index contributed by atoms with van der Waals surface area (Å²) in [7, 11) is 3.97. The molecule has 0 saturated carbocycles. The van der Waals surface area contributed by atoms with Crippen LogP contribution in [0.1, 0.15) is 26.3 Å². The van der Waals surface area contributed by atoms with Crippen LogP contribution >= 0.6 is 0 Å². The second kappa shape index (κ2) is 7.85. The first-order chi connectivity index (χ1) is 12.1. The van der Waals surface area contributed by atoms with Gasteiger partial charge in [0, 0.05) is 51.6 Å². The van der Waals surface area contributed by atoms with Gasteiger partial charge in [0.2, 0.25) is 0 Å². The lowest BCUT2D eigenvalue weighted by atomic mass is 10.1. The number of anilines is 2. The van der Waals surface area contributed by atoms with Crippen LogP contribution in [0.2, 0.25) is 0 Å². The number of carbonyl (C=O) groups is 2. The van der Waals surface area contributed by atoms with Crippen molar-refractivity contribution in [3.8, 4) is 0 Å². The van der Waals surface area contributed by atoms with Crippen molar-refractivity contribution in [1.29, 1.82) is 0 Å². The Morgan fingerprint density at radius 2 is 1.65 bits per heavy atom. The summed E-state index contributed by atoms with van der Waals surface area (Å²) in [6.45, 7) is 9.43. The highest BCUT2D eigenvalue weighted by atomic mass is 16.6. The highest BCUT2D eigenvalue weighted by Crippen LogP contribution is 2.22. The number of urea groups is 1. The Morgan fingerprint density at radius 1 is 1.08 bits per heavy atom. The molecule has 1 aliphatic heterocycles. The Morgan fingerprint density at radius 3 is 2.15 bits per heavy atom. The molecule has 1 heterocycles. The predicted molar refractivity (Wildman–Crippen MR) is 104 cm³/mol. The number of hydrogen-bond acceptors (Lipinski definition) is 4. The van der Waals surface area contributed by atoms with Gasteiger partial charge in [-0.15, -0.1) is 0 Å². The van der Waals surface area contributed by atoms with Gasteiger partial charge in [0.15, 0.2) is 0 Å². The smallest absolute Gasteiger partial charge is 0.410 e. The van der Waals surface area contributed by atoms with Crippen LogP contribution in [0.15, 0.2) is 18.2 Å². The fraction of sp³-hybridized carbons (Fsp3) is 0.579. The topological polar surface area (TPSA) is 65.1 Å². The lowest BCUT2D eigenvalue weighted by Gasteiger charge is -2.35. The number of ether oxygens (including phenoxy) is 1. The normalized spacial score (nSPS) is 14.8. The van der Waals surface area contributed by atoms with Crippen LogP contribution in [-0.2, 0) is 4.74 Å². The van der Waals surface area contributed by atoms with Crippen LogP contribution in [0, 0.1) is 6.92 Å². The summed E-state index contributed by atoms with van der Waals surface area (Å²) < 4.78 is 5.38. The van der Waals surface area contributed by atoms with Crippen molar-refractivity contribution in [1.82, 2.24) is 9.80 Å². The molecule has 1 saturated heterocycles. The van der Waals surface area contributed by atoms with E-state index in [1.54, 1.807) is 9.80 Å². The number of piperazine rings is 1. The van der Waals surface area contributed by atoms with Gasteiger partial charge in [-0.1, -0.05) is 0 Å². The van der Waals surface area contributed by atoms with Gasteiger partial charge in [0.05, 0.1) is 0 Å². The van der Waals surface area contributed by atoms with Crippen molar-refractivity contribution < 1.29 is 14.3 Å². The first kappa shape index (κ1) is 19.9. The molecule has 7 nitrogen and oxygen atoms in total. The fourth-order valence-electron chi connectivity index (χ4n) is 2.68. The van der Waals surface area contributed by atoms with E-state index in [0.29, 0.717) is 26.2 Å². The molecular formula is C19H30N4O3. The molecule has 1 aromatic rings. The van der Waals surface area contributed by atoms with Crippen molar-refractivity contribution in [2.75, 3.05) is 50.5 Å². The summed E-state index contributed by atoms with van der Waals surface area (Å²) in [5.74, 6) is 0. The third kappa shape index (κ3) is 5.28. The first-order valence-corrected chi connectivity index (χ1v) is 8.88. The van der Waals surface area contributed by atoms with Crippen LogP contribution < -0.4 is 10.2 Å². The molecule has 7 heteroatoms. The quantitative estimate of drug-likeness (QED) is 0.878. The summed E-state index contributed by atoms with van der Waals surface area (Å²) in [6.07, 6.45) is -0.326. The minimum Gasteiger partial charge on any atom is -0.444 e. The molecule has 0 unspecified atom stereocenters. The van der Waals surface area contributed by atoms with Crippen LogP contribution in [0.5, 0.6) is 0 Å². The minimum absolute atomic E-state index is 0.144. The number of carbonyl (C=O) groups excluding carboxylic acids is 2. The Balaban J connectivity index is 1.90. The standard InChI is InChI=1S/C19H30N4O3/c1-14-13-15(21(5)6)7-8-16(14)20-17(24)22-9-11-23(12-10-22)18(25)26-19(2,3)4/h7-8,13H,9-12H2,1-6H3,(H,20,24). The molecule has 0 radical (unpaired) electrons. The van der Waals surface area contributed by atoms with Crippen molar-refractivity contribution in [3.63, 3.8) is 0 Å². The van der Waals surface area contributed by atoms with E-state index in [0.717, 1.165) is 16.9 Å². The zero-order valence-corrected chi connectivity index (χ0v) is 16.6. The van der Waals surface area contributed by atoms with Gasteiger partial charge >= 0.3 is 12.1 Å². The Bertz CT molecular complexity index is 659. The maximum atomic E-state index is 12.5. The molecule has 3 amide bonds. The average Bonchev–Trinajstić information content (AvgIpc) is 2.55. The van der Waals surface area contributed by atoms with Crippen LogP contribution in [0.3, 0.4) is 0 Å². The summed E-state index contributed by atoms with van der Waals surface area (Å²) in [5, 5.41) is 2.96. The third-order valence-corrected chi connectivity index (χ3v) is 4.19. The Hall–Kier alpha value is -2.44.